The molecule has 4 aromatic heterocycles. The van der Waals surface area contributed by atoms with Gasteiger partial charge in [0.25, 0.3) is 5.88 Å². The van der Waals surface area contributed by atoms with E-state index in [1.54, 1.807) is 35.8 Å². The fourth-order valence-corrected chi connectivity index (χ4v) is 3.63. The maximum atomic E-state index is 6.13. The number of pyridine rings is 1. The van der Waals surface area contributed by atoms with Gasteiger partial charge in [-0.05, 0) is 6.92 Å². The number of methoxy groups -OCH3 is 1. The van der Waals surface area contributed by atoms with Gasteiger partial charge in [0.2, 0.25) is 0 Å². The lowest BCUT2D eigenvalue weighted by atomic mass is 10.0. The number of aromatic nitrogens is 8. The van der Waals surface area contributed by atoms with Crippen molar-refractivity contribution < 1.29 is 9.47 Å². The lowest BCUT2D eigenvalue weighted by Crippen LogP contribution is -2.07. The highest BCUT2D eigenvalue weighted by Crippen LogP contribution is 2.37. The number of ether oxygens (including phenoxy) is 2. The number of benzene rings is 1. The predicted molar refractivity (Wildman–Crippen MR) is 122 cm³/mol. The fourth-order valence-electron chi connectivity index (χ4n) is 3.63. The molecule has 4 heterocycles. The summed E-state index contributed by atoms with van der Waals surface area (Å²) in [6.45, 7) is 1.88. The smallest absolute Gasteiger partial charge is 0.258 e. The Bertz CT molecular complexity index is 1430. The molecule has 33 heavy (non-hydrogen) atoms. The van der Waals surface area contributed by atoms with Crippen molar-refractivity contribution in [3.63, 3.8) is 0 Å². The normalized spacial score (nSPS) is 12.1. The second-order valence-corrected chi connectivity index (χ2v) is 7.59. The lowest BCUT2D eigenvalue weighted by Gasteiger charge is -2.15. The van der Waals surface area contributed by atoms with Crippen LogP contribution in [0.2, 0.25) is 0 Å². The molecular formula is C23H22N8O2. The van der Waals surface area contributed by atoms with E-state index in [9.17, 15) is 0 Å². The van der Waals surface area contributed by atoms with Crippen molar-refractivity contribution in [2.75, 3.05) is 7.11 Å². The Morgan fingerprint density at radius 2 is 1.79 bits per heavy atom. The maximum Gasteiger partial charge on any atom is 0.258 e. The Morgan fingerprint density at radius 3 is 2.52 bits per heavy atom. The zero-order chi connectivity index (χ0) is 22.9. The Kier molecular flexibility index (Phi) is 5.17. The van der Waals surface area contributed by atoms with Crippen LogP contribution in [0.3, 0.4) is 0 Å². The summed E-state index contributed by atoms with van der Waals surface area (Å²) in [5.41, 5.74) is 5.22. The van der Waals surface area contributed by atoms with Crippen molar-refractivity contribution >= 4 is 11.0 Å². The van der Waals surface area contributed by atoms with Crippen molar-refractivity contribution in [2.24, 2.45) is 14.1 Å². The summed E-state index contributed by atoms with van der Waals surface area (Å²) >= 11 is 0. The topological polar surface area (TPSA) is 106 Å². The average Bonchev–Trinajstić information content (AvgIpc) is 3.44. The third kappa shape index (κ3) is 3.86. The number of nitrogens with zero attached hydrogens (tertiary/aromatic N) is 8. The van der Waals surface area contributed by atoms with Gasteiger partial charge in [0.05, 0.1) is 18.8 Å². The van der Waals surface area contributed by atoms with Crippen LogP contribution >= 0.6 is 0 Å². The zero-order valence-electron chi connectivity index (χ0n) is 18.7. The molecule has 0 radical (unpaired) electrons. The number of rotatable bonds is 6. The highest BCUT2D eigenvalue weighted by molar-refractivity contribution is 5.94. The SMILES string of the molecule is COc1cc2ncnc(-c3cn(C)nc3-c3ccccc3)c2nc1OC(C)c1cn(C)nn1. The van der Waals surface area contributed by atoms with Gasteiger partial charge in [0.15, 0.2) is 5.75 Å². The molecule has 1 aromatic carbocycles. The molecule has 0 fully saturated rings. The molecule has 0 aliphatic carbocycles. The number of hydrogen-bond donors (Lipinski definition) is 0. The van der Waals surface area contributed by atoms with E-state index < -0.39 is 0 Å². The Labute approximate surface area is 189 Å². The van der Waals surface area contributed by atoms with Crippen LogP contribution in [-0.4, -0.2) is 46.8 Å². The van der Waals surface area contributed by atoms with Gasteiger partial charge in [0.1, 0.15) is 35.0 Å². The van der Waals surface area contributed by atoms with Crippen molar-refractivity contribution in [1.29, 1.82) is 0 Å². The van der Waals surface area contributed by atoms with Crippen LogP contribution in [0.1, 0.15) is 18.7 Å². The largest absolute Gasteiger partial charge is 0.491 e. The van der Waals surface area contributed by atoms with Crippen LogP contribution < -0.4 is 9.47 Å². The van der Waals surface area contributed by atoms with E-state index in [-0.39, 0.29) is 6.10 Å². The van der Waals surface area contributed by atoms with E-state index >= 15 is 0 Å². The molecule has 5 aromatic rings. The molecule has 166 valence electrons. The van der Waals surface area contributed by atoms with E-state index in [1.807, 2.05) is 50.5 Å². The third-order valence-corrected chi connectivity index (χ3v) is 5.22. The Balaban J connectivity index is 1.64. The first-order valence-electron chi connectivity index (χ1n) is 10.4. The van der Waals surface area contributed by atoms with Crippen molar-refractivity contribution in [2.45, 2.75) is 13.0 Å². The quantitative estimate of drug-likeness (QED) is 0.394. The zero-order valence-corrected chi connectivity index (χ0v) is 18.7. The van der Waals surface area contributed by atoms with E-state index in [4.69, 9.17) is 14.5 Å². The van der Waals surface area contributed by atoms with E-state index in [2.05, 4.69) is 25.4 Å². The molecule has 0 bridgehead atoms. The minimum Gasteiger partial charge on any atom is -0.491 e. The first-order chi connectivity index (χ1) is 16.0. The minimum absolute atomic E-state index is 0.323. The molecule has 5 rings (SSSR count). The van der Waals surface area contributed by atoms with Gasteiger partial charge in [-0.3, -0.25) is 9.36 Å². The number of aryl methyl sites for hydroxylation is 2. The lowest BCUT2D eigenvalue weighted by molar-refractivity contribution is 0.202. The molecule has 0 amide bonds. The monoisotopic (exact) mass is 442 g/mol. The molecule has 0 spiro atoms. The van der Waals surface area contributed by atoms with Crippen LogP contribution in [0.15, 0.2) is 55.1 Å². The molecule has 1 atom stereocenters. The van der Waals surface area contributed by atoms with Gasteiger partial charge >= 0.3 is 0 Å². The van der Waals surface area contributed by atoms with E-state index in [1.165, 1.54) is 6.33 Å². The highest BCUT2D eigenvalue weighted by atomic mass is 16.5. The van der Waals surface area contributed by atoms with E-state index in [0.29, 0.717) is 34.1 Å². The molecule has 10 nitrogen and oxygen atoms in total. The summed E-state index contributed by atoms with van der Waals surface area (Å²) in [6, 6.07) is 11.8. The Morgan fingerprint density at radius 1 is 0.970 bits per heavy atom. The molecular weight excluding hydrogens is 420 g/mol. The number of hydrogen-bond acceptors (Lipinski definition) is 8. The van der Waals surface area contributed by atoms with Crippen molar-refractivity contribution in [1.82, 2.24) is 39.7 Å². The predicted octanol–water partition coefficient (Wildman–Crippen LogP) is 3.37. The van der Waals surface area contributed by atoms with Gasteiger partial charge in [-0.2, -0.15) is 5.10 Å². The van der Waals surface area contributed by atoms with Gasteiger partial charge in [-0.1, -0.05) is 35.5 Å². The second kappa shape index (κ2) is 8.30. The van der Waals surface area contributed by atoms with Gasteiger partial charge in [-0.25, -0.2) is 15.0 Å². The maximum absolute atomic E-state index is 6.13. The summed E-state index contributed by atoms with van der Waals surface area (Å²) in [6.07, 6.45) is 4.86. The average molecular weight is 442 g/mol. The van der Waals surface area contributed by atoms with Crippen LogP contribution in [0.25, 0.3) is 33.5 Å². The molecule has 0 aliphatic rings. The molecule has 10 heteroatoms. The summed E-state index contributed by atoms with van der Waals surface area (Å²) < 4.78 is 15.1. The van der Waals surface area contributed by atoms with Crippen LogP contribution in [-0.2, 0) is 14.1 Å². The third-order valence-electron chi connectivity index (χ3n) is 5.22. The van der Waals surface area contributed by atoms with Gasteiger partial charge < -0.3 is 9.47 Å². The van der Waals surface area contributed by atoms with E-state index in [0.717, 1.165) is 16.8 Å². The van der Waals surface area contributed by atoms with Crippen LogP contribution in [0, 0.1) is 0 Å². The van der Waals surface area contributed by atoms with Crippen molar-refractivity contribution in [3.05, 3.63) is 60.8 Å². The summed E-state index contributed by atoms with van der Waals surface area (Å²) in [5, 5.41) is 12.8. The van der Waals surface area contributed by atoms with Crippen molar-refractivity contribution in [3.8, 4) is 34.1 Å². The first-order valence-corrected chi connectivity index (χ1v) is 10.4. The molecule has 0 N–H and O–H groups in total. The molecule has 0 aliphatic heterocycles. The van der Waals surface area contributed by atoms with Gasteiger partial charge in [0, 0.05) is 37.5 Å². The molecule has 0 saturated heterocycles. The summed E-state index contributed by atoms with van der Waals surface area (Å²) in [7, 11) is 5.26. The Hall–Kier alpha value is -4.34. The summed E-state index contributed by atoms with van der Waals surface area (Å²) in [4.78, 5) is 13.7. The van der Waals surface area contributed by atoms with Crippen LogP contribution in [0.5, 0.6) is 11.6 Å². The first kappa shape index (κ1) is 20.6. The van der Waals surface area contributed by atoms with Gasteiger partial charge in [-0.15, -0.1) is 5.10 Å². The standard InChI is InChI=1S/C23H22N8O2/c1-14(18-12-31(3)29-27-18)33-23-19(32-4)10-17-22(26-23)21(25-13-24-17)16-11-30(2)28-20(16)15-8-6-5-7-9-15/h5-14H,1-4H3. The van der Waals surface area contributed by atoms with Crippen LogP contribution in [0.4, 0.5) is 0 Å². The second-order valence-electron chi connectivity index (χ2n) is 7.59. The fraction of sp³-hybridized carbons (Fsp3) is 0.217. The highest BCUT2D eigenvalue weighted by Gasteiger charge is 2.21. The molecule has 1 unspecified atom stereocenters. The minimum atomic E-state index is -0.385. The number of fused-ring (bicyclic) bond motifs is 1. The molecule has 0 saturated carbocycles. The summed E-state index contributed by atoms with van der Waals surface area (Å²) in [5.74, 6) is 0.793.